The number of nitrogens with zero attached hydrogens (tertiary/aromatic N) is 2. The second kappa shape index (κ2) is 5.01. The Kier molecular flexibility index (Phi) is 3.57. The molecule has 0 bridgehead atoms. The largest absolute Gasteiger partial charge is 0.319 e. The summed E-state index contributed by atoms with van der Waals surface area (Å²) in [5.41, 5.74) is 1.98. The van der Waals surface area contributed by atoms with Crippen molar-refractivity contribution in [2.45, 2.75) is 13.8 Å². The molecule has 4 nitrogen and oxygen atoms in total. The van der Waals surface area contributed by atoms with Gasteiger partial charge in [0.25, 0.3) is 5.91 Å². The summed E-state index contributed by atoms with van der Waals surface area (Å²) in [6.07, 6.45) is 0. The van der Waals surface area contributed by atoms with Crippen LogP contribution in [0.2, 0.25) is 5.02 Å². The van der Waals surface area contributed by atoms with Gasteiger partial charge in [-0.2, -0.15) is 5.10 Å². The summed E-state index contributed by atoms with van der Waals surface area (Å²) in [6.45, 7) is 3.60. The van der Waals surface area contributed by atoms with Crippen LogP contribution in [0.4, 0.5) is 10.1 Å². The SMILES string of the molecule is Cc1nn(C)c(C)c1NC(=O)c1cc(Cl)ccc1F. The number of rotatable bonds is 2. The lowest BCUT2D eigenvalue weighted by molar-refractivity contribution is 0.102. The van der Waals surface area contributed by atoms with Crippen molar-refractivity contribution in [3.8, 4) is 0 Å². The Morgan fingerprint density at radius 3 is 2.68 bits per heavy atom. The number of hydrogen-bond acceptors (Lipinski definition) is 2. The molecule has 0 spiro atoms. The van der Waals surface area contributed by atoms with E-state index in [1.165, 1.54) is 18.2 Å². The van der Waals surface area contributed by atoms with E-state index in [0.29, 0.717) is 16.4 Å². The van der Waals surface area contributed by atoms with E-state index in [4.69, 9.17) is 11.6 Å². The number of hydrogen-bond donors (Lipinski definition) is 1. The minimum atomic E-state index is -0.610. The third-order valence-electron chi connectivity index (χ3n) is 2.92. The van der Waals surface area contributed by atoms with Crippen LogP contribution in [0, 0.1) is 19.7 Å². The van der Waals surface area contributed by atoms with Crippen LogP contribution in [0.1, 0.15) is 21.7 Å². The van der Waals surface area contributed by atoms with Crippen LogP contribution < -0.4 is 5.32 Å². The smallest absolute Gasteiger partial charge is 0.258 e. The van der Waals surface area contributed by atoms with E-state index in [2.05, 4.69) is 10.4 Å². The zero-order chi connectivity index (χ0) is 14.2. The zero-order valence-electron chi connectivity index (χ0n) is 10.8. The first-order valence-electron chi connectivity index (χ1n) is 5.66. The van der Waals surface area contributed by atoms with Crippen molar-refractivity contribution >= 4 is 23.2 Å². The molecular formula is C13H13ClFN3O. The molecule has 1 aromatic carbocycles. The molecule has 2 rings (SSSR count). The van der Waals surface area contributed by atoms with Crippen LogP contribution in [0.5, 0.6) is 0 Å². The second-order valence-electron chi connectivity index (χ2n) is 4.25. The highest BCUT2D eigenvalue weighted by Gasteiger charge is 2.16. The topological polar surface area (TPSA) is 46.9 Å². The van der Waals surface area contributed by atoms with E-state index in [9.17, 15) is 9.18 Å². The Bertz CT molecular complexity index is 652. The quantitative estimate of drug-likeness (QED) is 0.919. The van der Waals surface area contributed by atoms with Gasteiger partial charge in [-0.15, -0.1) is 0 Å². The third kappa shape index (κ3) is 2.61. The highest BCUT2D eigenvalue weighted by Crippen LogP contribution is 2.21. The van der Waals surface area contributed by atoms with Gasteiger partial charge >= 0.3 is 0 Å². The summed E-state index contributed by atoms with van der Waals surface area (Å²) in [6, 6.07) is 3.86. The Balaban J connectivity index is 2.33. The molecule has 1 N–H and O–H groups in total. The first kappa shape index (κ1) is 13.5. The summed E-state index contributed by atoms with van der Waals surface area (Å²) >= 11 is 5.77. The normalized spacial score (nSPS) is 10.6. The van der Waals surface area contributed by atoms with Crippen molar-refractivity contribution in [3.05, 3.63) is 46.0 Å². The predicted molar refractivity (Wildman–Crippen MR) is 72.0 cm³/mol. The van der Waals surface area contributed by atoms with Crippen molar-refractivity contribution in [1.82, 2.24) is 9.78 Å². The second-order valence-corrected chi connectivity index (χ2v) is 4.68. The maximum atomic E-state index is 13.6. The fourth-order valence-corrected chi connectivity index (χ4v) is 1.98. The highest BCUT2D eigenvalue weighted by atomic mass is 35.5. The van der Waals surface area contributed by atoms with E-state index >= 15 is 0 Å². The van der Waals surface area contributed by atoms with Gasteiger partial charge in [-0.1, -0.05) is 11.6 Å². The van der Waals surface area contributed by atoms with Crippen molar-refractivity contribution < 1.29 is 9.18 Å². The molecule has 1 aromatic heterocycles. The Labute approximate surface area is 115 Å². The number of nitrogens with one attached hydrogen (secondary N) is 1. The summed E-state index contributed by atoms with van der Waals surface area (Å²) in [5, 5.41) is 7.15. The van der Waals surface area contributed by atoms with Crippen LogP contribution in [-0.2, 0) is 7.05 Å². The van der Waals surface area contributed by atoms with Crippen LogP contribution >= 0.6 is 11.6 Å². The molecule has 0 aliphatic carbocycles. The maximum Gasteiger partial charge on any atom is 0.258 e. The third-order valence-corrected chi connectivity index (χ3v) is 3.16. The lowest BCUT2D eigenvalue weighted by Crippen LogP contribution is -2.15. The lowest BCUT2D eigenvalue weighted by Gasteiger charge is -2.07. The van der Waals surface area contributed by atoms with Crippen LogP contribution in [0.15, 0.2) is 18.2 Å². The number of amides is 1. The lowest BCUT2D eigenvalue weighted by atomic mass is 10.2. The number of anilines is 1. The monoisotopic (exact) mass is 281 g/mol. The molecule has 0 radical (unpaired) electrons. The molecule has 100 valence electrons. The summed E-state index contributed by atoms with van der Waals surface area (Å²) < 4.78 is 15.2. The molecule has 0 unspecified atom stereocenters. The average Bonchev–Trinajstić information content (AvgIpc) is 2.59. The molecule has 1 heterocycles. The van der Waals surface area contributed by atoms with Crippen molar-refractivity contribution in [2.24, 2.45) is 7.05 Å². The minimum absolute atomic E-state index is 0.0878. The van der Waals surface area contributed by atoms with Crippen LogP contribution in [0.3, 0.4) is 0 Å². The van der Waals surface area contributed by atoms with E-state index in [-0.39, 0.29) is 5.56 Å². The first-order chi connectivity index (χ1) is 8.90. The molecule has 0 atom stereocenters. The van der Waals surface area contributed by atoms with Gasteiger partial charge in [0, 0.05) is 12.1 Å². The number of aryl methyl sites for hydroxylation is 2. The highest BCUT2D eigenvalue weighted by molar-refractivity contribution is 6.31. The Morgan fingerprint density at radius 1 is 1.42 bits per heavy atom. The molecule has 1 amide bonds. The van der Waals surface area contributed by atoms with Crippen molar-refractivity contribution in [3.63, 3.8) is 0 Å². The summed E-state index contributed by atoms with van der Waals surface area (Å²) in [4.78, 5) is 12.1. The first-order valence-corrected chi connectivity index (χ1v) is 6.04. The Morgan fingerprint density at radius 2 is 2.11 bits per heavy atom. The molecule has 2 aromatic rings. The summed E-state index contributed by atoms with van der Waals surface area (Å²) in [7, 11) is 1.78. The van der Waals surface area contributed by atoms with Gasteiger partial charge in [0.05, 0.1) is 22.6 Å². The predicted octanol–water partition coefficient (Wildman–Crippen LogP) is 3.08. The maximum absolute atomic E-state index is 13.6. The number of carbonyl (C=O) groups excluding carboxylic acids is 1. The van der Waals surface area contributed by atoms with Crippen LogP contribution in [0.25, 0.3) is 0 Å². The van der Waals surface area contributed by atoms with E-state index in [1.807, 2.05) is 6.92 Å². The molecule has 0 saturated heterocycles. The summed E-state index contributed by atoms with van der Waals surface area (Å²) in [5.74, 6) is -1.15. The Hall–Kier alpha value is -1.88. The fourth-order valence-electron chi connectivity index (χ4n) is 1.81. The molecule has 0 aliphatic heterocycles. The molecule has 0 saturated carbocycles. The molecule has 19 heavy (non-hydrogen) atoms. The van der Waals surface area contributed by atoms with Gasteiger partial charge in [-0.3, -0.25) is 9.48 Å². The van der Waals surface area contributed by atoms with Gasteiger partial charge in [0.2, 0.25) is 0 Å². The van der Waals surface area contributed by atoms with Gasteiger partial charge < -0.3 is 5.32 Å². The van der Waals surface area contributed by atoms with Gasteiger partial charge in [0.15, 0.2) is 0 Å². The van der Waals surface area contributed by atoms with Crippen molar-refractivity contribution in [1.29, 1.82) is 0 Å². The number of benzene rings is 1. The molecular weight excluding hydrogens is 269 g/mol. The van der Waals surface area contributed by atoms with Gasteiger partial charge in [-0.05, 0) is 32.0 Å². The molecule has 0 fully saturated rings. The minimum Gasteiger partial charge on any atom is -0.319 e. The average molecular weight is 282 g/mol. The number of halogens is 2. The van der Waals surface area contributed by atoms with E-state index < -0.39 is 11.7 Å². The number of aromatic nitrogens is 2. The van der Waals surface area contributed by atoms with Crippen LogP contribution in [-0.4, -0.2) is 15.7 Å². The van der Waals surface area contributed by atoms with Gasteiger partial charge in [0.1, 0.15) is 5.82 Å². The van der Waals surface area contributed by atoms with E-state index in [0.717, 1.165) is 5.69 Å². The zero-order valence-corrected chi connectivity index (χ0v) is 11.5. The van der Waals surface area contributed by atoms with Crippen molar-refractivity contribution in [2.75, 3.05) is 5.32 Å². The fraction of sp³-hybridized carbons (Fsp3) is 0.231. The molecule has 0 aliphatic rings. The standard InChI is InChI=1S/C13H13ClFN3O/c1-7-12(8(2)18(3)17-7)16-13(19)10-6-9(14)4-5-11(10)15/h4-6H,1-3H3,(H,16,19). The van der Waals surface area contributed by atoms with E-state index in [1.54, 1.807) is 18.7 Å². The van der Waals surface area contributed by atoms with Gasteiger partial charge in [-0.25, -0.2) is 4.39 Å². The number of carbonyl (C=O) groups is 1. The molecule has 6 heteroatoms.